The Morgan fingerprint density at radius 2 is 1.93 bits per heavy atom. The summed E-state index contributed by atoms with van der Waals surface area (Å²) in [7, 11) is 0. The molecule has 1 aromatic rings. The van der Waals surface area contributed by atoms with Gasteiger partial charge in [-0.05, 0) is 12.3 Å². The molecular formula is C19H31N5O4. The standard InChI is InChI=1S/C19H31N5O4/c1-5-11(6-2)12-8-13(19(27)28)18(16(20)17(12)21-10(4)25)24-9-14(22-23-24)15(26)7-3/h8-9,11-12,15-18,26H,5-7,20H2,1-4H3,(H,21,25)(H,27,28)/t12-,15?,16+,17-,18-/m0/s1. The average molecular weight is 393 g/mol. The predicted octanol–water partition coefficient (Wildman–Crippen LogP) is 1.17. The van der Waals surface area contributed by atoms with Crippen LogP contribution < -0.4 is 11.1 Å². The quantitative estimate of drug-likeness (QED) is 0.519. The lowest BCUT2D eigenvalue weighted by molar-refractivity contribution is -0.133. The molecule has 1 heterocycles. The maximum atomic E-state index is 12.0. The Bertz CT molecular complexity index is 728. The van der Waals surface area contributed by atoms with Gasteiger partial charge in [-0.1, -0.05) is 44.9 Å². The van der Waals surface area contributed by atoms with Crippen molar-refractivity contribution < 1.29 is 19.8 Å². The van der Waals surface area contributed by atoms with Gasteiger partial charge in [-0.3, -0.25) is 4.79 Å². The Morgan fingerprint density at radius 3 is 2.43 bits per heavy atom. The number of nitrogens with one attached hydrogen (secondary N) is 1. The highest BCUT2D eigenvalue weighted by Gasteiger charge is 2.44. The van der Waals surface area contributed by atoms with Crippen LogP contribution in [0.3, 0.4) is 0 Å². The van der Waals surface area contributed by atoms with E-state index >= 15 is 0 Å². The fraction of sp³-hybridized carbons (Fsp3) is 0.684. The van der Waals surface area contributed by atoms with Crippen molar-refractivity contribution in [1.29, 1.82) is 0 Å². The number of nitrogens with two attached hydrogens (primary N) is 1. The zero-order valence-electron chi connectivity index (χ0n) is 16.9. The number of aliphatic hydroxyl groups excluding tert-OH is 1. The first-order valence-corrected chi connectivity index (χ1v) is 9.82. The molecule has 0 saturated heterocycles. The van der Waals surface area contributed by atoms with E-state index in [4.69, 9.17) is 5.73 Å². The third-order valence-corrected chi connectivity index (χ3v) is 5.64. The van der Waals surface area contributed by atoms with Gasteiger partial charge in [0, 0.05) is 12.8 Å². The van der Waals surface area contributed by atoms with Gasteiger partial charge in [0.2, 0.25) is 5.91 Å². The summed E-state index contributed by atoms with van der Waals surface area (Å²) in [5, 5.41) is 30.7. The van der Waals surface area contributed by atoms with E-state index in [1.165, 1.54) is 17.8 Å². The molecule has 156 valence electrons. The molecule has 0 saturated carbocycles. The lowest BCUT2D eigenvalue weighted by atomic mass is 9.72. The second-order valence-electron chi connectivity index (χ2n) is 7.38. The predicted molar refractivity (Wildman–Crippen MR) is 103 cm³/mol. The number of carbonyl (C=O) groups excluding carboxylic acids is 1. The van der Waals surface area contributed by atoms with Crippen molar-refractivity contribution in [2.75, 3.05) is 0 Å². The fourth-order valence-corrected chi connectivity index (χ4v) is 4.06. The van der Waals surface area contributed by atoms with Crippen LogP contribution in [0.1, 0.15) is 64.8 Å². The highest BCUT2D eigenvalue weighted by molar-refractivity contribution is 5.88. The van der Waals surface area contributed by atoms with E-state index in [-0.39, 0.29) is 23.3 Å². The molecule has 28 heavy (non-hydrogen) atoms. The molecule has 2 rings (SSSR count). The van der Waals surface area contributed by atoms with Crippen LogP contribution in [0.2, 0.25) is 0 Å². The summed E-state index contributed by atoms with van der Waals surface area (Å²) >= 11 is 0. The van der Waals surface area contributed by atoms with Gasteiger partial charge in [-0.2, -0.15) is 0 Å². The minimum Gasteiger partial charge on any atom is -0.478 e. The number of rotatable bonds is 8. The normalized spacial score (nSPS) is 26.0. The van der Waals surface area contributed by atoms with E-state index in [9.17, 15) is 19.8 Å². The first-order valence-electron chi connectivity index (χ1n) is 9.82. The molecule has 1 amide bonds. The highest BCUT2D eigenvalue weighted by atomic mass is 16.4. The summed E-state index contributed by atoms with van der Waals surface area (Å²) in [5.41, 5.74) is 7.01. The van der Waals surface area contributed by atoms with Gasteiger partial charge in [0.1, 0.15) is 11.7 Å². The first kappa shape index (κ1) is 22.0. The molecule has 0 spiro atoms. The summed E-state index contributed by atoms with van der Waals surface area (Å²) in [6.07, 6.45) is 4.60. The van der Waals surface area contributed by atoms with Gasteiger partial charge in [-0.25, -0.2) is 9.48 Å². The lowest BCUT2D eigenvalue weighted by Crippen LogP contribution is -2.59. The van der Waals surface area contributed by atoms with E-state index in [0.29, 0.717) is 12.1 Å². The number of hydrogen-bond donors (Lipinski definition) is 4. The Labute approximate surface area is 165 Å². The van der Waals surface area contributed by atoms with Gasteiger partial charge in [0.15, 0.2) is 0 Å². The number of carbonyl (C=O) groups is 2. The number of carboxylic acid groups (broad SMARTS) is 1. The Hall–Kier alpha value is -2.26. The average Bonchev–Trinajstić information content (AvgIpc) is 3.13. The largest absolute Gasteiger partial charge is 0.478 e. The highest BCUT2D eigenvalue weighted by Crippen LogP contribution is 2.37. The van der Waals surface area contributed by atoms with E-state index in [1.807, 2.05) is 20.8 Å². The van der Waals surface area contributed by atoms with Crippen molar-refractivity contribution in [2.45, 2.75) is 71.2 Å². The zero-order chi connectivity index (χ0) is 21.0. The Balaban J connectivity index is 2.54. The molecule has 9 nitrogen and oxygen atoms in total. The summed E-state index contributed by atoms with van der Waals surface area (Å²) in [6.45, 7) is 7.32. The van der Waals surface area contributed by atoms with Gasteiger partial charge in [0.25, 0.3) is 0 Å². The van der Waals surface area contributed by atoms with Crippen LogP contribution in [0, 0.1) is 11.8 Å². The van der Waals surface area contributed by atoms with Crippen LogP contribution in [0.25, 0.3) is 0 Å². The molecule has 1 aromatic heterocycles. The van der Waals surface area contributed by atoms with Gasteiger partial charge >= 0.3 is 5.97 Å². The van der Waals surface area contributed by atoms with Crippen LogP contribution in [0.4, 0.5) is 0 Å². The van der Waals surface area contributed by atoms with Crippen LogP contribution in [-0.2, 0) is 9.59 Å². The van der Waals surface area contributed by atoms with Crippen LogP contribution in [-0.4, -0.2) is 49.2 Å². The maximum absolute atomic E-state index is 12.0. The number of aliphatic carboxylic acids is 1. The van der Waals surface area contributed by atoms with E-state index in [0.717, 1.165) is 12.8 Å². The number of aromatic nitrogens is 3. The first-order chi connectivity index (χ1) is 13.2. The number of nitrogens with zero attached hydrogens (tertiary/aromatic N) is 3. The van der Waals surface area contributed by atoms with Gasteiger partial charge in [-0.15, -0.1) is 5.10 Å². The van der Waals surface area contributed by atoms with Crippen LogP contribution in [0.5, 0.6) is 0 Å². The molecule has 5 atom stereocenters. The fourth-order valence-electron chi connectivity index (χ4n) is 4.06. The summed E-state index contributed by atoms with van der Waals surface area (Å²) in [4.78, 5) is 23.9. The number of amides is 1. The minimum atomic E-state index is -1.08. The van der Waals surface area contributed by atoms with Crippen molar-refractivity contribution >= 4 is 11.9 Å². The van der Waals surface area contributed by atoms with Crippen LogP contribution >= 0.6 is 0 Å². The van der Waals surface area contributed by atoms with Crippen molar-refractivity contribution in [3.63, 3.8) is 0 Å². The lowest BCUT2D eigenvalue weighted by Gasteiger charge is -2.42. The van der Waals surface area contributed by atoms with Gasteiger partial charge < -0.3 is 21.3 Å². The Kier molecular flexibility index (Phi) is 7.31. The molecule has 0 aromatic carbocycles. The monoisotopic (exact) mass is 393 g/mol. The third kappa shape index (κ3) is 4.41. The third-order valence-electron chi connectivity index (χ3n) is 5.64. The minimum absolute atomic E-state index is 0.133. The molecule has 1 aliphatic carbocycles. The second-order valence-corrected chi connectivity index (χ2v) is 7.38. The summed E-state index contributed by atoms with van der Waals surface area (Å²) in [6, 6.07) is -1.94. The molecule has 1 aliphatic rings. The molecular weight excluding hydrogens is 362 g/mol. The SMILES string of the molecule is CCC(O)c1cn([C@H]2C(C(=O)O)=C[C@@H](C(CC)CC)[C@H](NC(C)=O)[C@H]2N)nn1. The number of hydrogen-bond acceptors (Lipinski definition) is 6. The smallest absolute Gasteiger partial charge is 0.333 e. The van der Waals surface area contributed by atoms with Crippen molar-refractivity contribution in [1.82, 2.24) is 20.3 Å². The molecule has 0 radical (unpaired) electrons. The van der Waals surface area contributed by atoms with Crippen molar-refractivity contribution in [2.24, 2.45) is 17.6 Å². The van der Waals surface area contributed by atoms with E-state index in [1.54, 1.807) is 6.08 Å². The van der Waals surface area contributed by atoms with E-state index in [2.05, 4.69) is 15.6 Å². The summed E-state index contributed by atoms with van der Waals surface area (Å²) in [5.74, 6) is -1.30. The zero-order valence-corrected chi connectivity index (χ0v) is 16.9. The molecule has 0 bridgehead atoms. The van der Waals surface area contributed by atoms with Crippen molar-refractivity contribution in [3.8, 4) is 0 Å². The number of carboxylic acids is 1. The maximum Gasteiger partial charge on any atom is 0.333 e. The topological polar surface area (TPSA) is 143 Å². The van der Waals surface area contributed by atoms with E-state index < -0.39 is 30.2 Å². The Morgan fingerprint density at radius 1 is 1.29 bits per heavy atom. The van der Waals surface area contributed by atoms with Gasteiger partial charge in [0.05, 0.1) is 30.0 Å². The molecule has 5 N–H and O–H groups in total. The molecule has 0 aliphatic heterocycles. The summed E-state index contributed by atoms with van der Waals surface area (Å²) < 4.78 is 1.39. The molecule has 0 fully saturated rings. The molecule has 1 unspecified atom stereocenters. The van der Waals surface area contributed by atoms with Crippen LogP contribution in [0.15, 0.2) is 17.8 Å². The number of aliphatic hydroxyl groups is 1. The van der Waals surface area contributed by atoms with Crippen molar-refractivity contribution in [3.05, 3.63) is 23.5 Å². The molecule has 9 heteroatoms. The second kappa shape index (κ2) is 9.29.